The van der Waals surface area contributed by atoms with E-state index in [1.807, 2.05) is 0 Å². The molecule has 26 heavy (non-hydrogen) atoms. The summed E-state index contributed by atoms with van der Waals surface area (Å²) < 4.78 is 13.2. The van der Waals surface area contributed by atoms with Crippen LogP contribution in [0.3, 0.4) is 0 Å². The summed E-state index contributed by atoms with van der Waals surface area (Å²) in [5.41, 5.74) is 10.2. The van der Waals surface area contributed by atoms with Crippen LogP contribution in [-0.2, 0) is 13.0 Å². The Morgan fingerprint density at radius 2 is 2.19 bits per heavy atom. The molecule has 0 aliphatic carbocycles. The Morgan fingerprint density at radius 3 is 2.96 bits per heavy atom. The third-order valence-electron chi connectivity index (χ3n) is 4.70. The molecule has 1 amide bonds. The van der Waals surface area contributed by atoms with Gasteiger partial charge in [-0.25, -0.2) is 9.37 Å². The number of aromatic nitrogens is 1. The molecule has 0 saturated heterocycles. The summed E-state index contributed by atoms with van der Waals surface area (Å²) in [5, 5.41) is 3.65. The first-order valence-corrected chi connectivity index (χ1v) is 9.21. The highest BCUT2D eigenvalue weighted by Crippen LogP contribution is 2.35. The number of nitrogen functional groups attached to an aromatic ring is 1. The largest absolute Gasteiger partial charge is 0.397 e. The minimum atomic E-state index is -0.332. The topological polar surface area (TPSA) is 71.2 Å². The molecule has 0 spiro atoms. The Kier molecular flexibility index (Phi) is 4.13. The first-order chi connectivity index (χ1) is 12.4. The van der Waals surface area contributed by atoms with Gasteiger partial charge in [0.1, 0.15) is 15.5 Å². The zero-order valence-corrected chi connectivity index (χ0v) is 15.4. The number of nitrogens with two attached hydrogens (primary N) is 1. The lowest BCUT2D eigenvalue weighted by molar-refractivity contribution is 0.103. The van der Waals surface area contributed by atoms with Gasteiger partial charge in [0.15, 0.2) is 0 Å². The minimum Gasteiger partial charge on any atom is -0.397 e. The monoisotopic (exact) mass is 370 g/mol. The Labute approximate surface area is 154 Å². The molecular weight excluding hydrogens is 351 g/mol. The van der Waals surface area contributed by atoms with E-state index in [2.05, 4.69) is 23.3 Å². The van der Waals surface area contributed by atoms with Gasteiger partial charge in [-0.3, -0.25) is 4.79 Å². The molecule has 5 nitrogen and oxygen atoms in total. The number of thiophene rings is 1. The molecule has 1 aromatic carbocycles. The van der Waals surface area contributed by atoms with Crippen molar-refractivity contribution in [1.82, 2.24) is 9.88 Å². The van der Waals surface area contributed by atoms with Crippen LogP contribution in [0, 0.1) is 12.7 Å². The predicted molar refractivity (Wildman–Crippen MR) is 103 cm³/mol. The average Bonchev–Trinajstić information content (AvgIpc) is 2.92. The Bertz CT molecular complexity index is 1030. The molecule has 0 fully saturated rings. The molecule has 2 aromatic heterocycles. The number of benzene rings is 1. The van der Waals surface area contributed by atoms with Crippen LogP contribution in [0.15, 0.2) is 24.3 Å². The summed E-state index contributed by atoms with van der Waals surface area (Å²) in [6.45, 7) is 3.56. The van der Waals surface area contributed by atoms with Crippen LogP contribution in [0.1, 0.15) is 26.5 Å². The number of carbonyl (C=O) groups excluding carboxylic acids is 1. The smallest absolute Gasteiger partial charge is 0.267 e. The van der Waals surface area contributed by atoms with Gasteiger partial charge in [0.25, 0.3) is 5.91 Å². The van der Waals surface area contributed by atoms with Gasteiger partial charge in [0.05, 0.1) is 5.69 Å². The van der Waals surface area contributed by atoms with E-state index >= 15 is 0 Å². The molecule has 0 saturated carbocycles. The Morgan fingerprint density at radius 1 is 1.38 bits per heavy atom. The SMILES string of the molecule is Cc1cc(F)ccc1NC(=O)c1sc2nc3c(cc2c1N)CN(C)CC3. The highest BCUT2D eigenvalue weighted by atomic mass is 32.1. The lowest BCUT2D eigenvalue weighted by atomic mass is 10.0. The molecule has 1 aliphatic rings. The maximum absolute atomic E-state index is 13.2. The summed E-state index contributed by atoms with van der Waals surface area (Å²) in [7, 11) is 2.08. The number of rotatable bonds is 2. The molecule has 0 unspecified atom stereocenters. The number of fused-ring (bicyclic) bond motifs is 2. The van der Waals surface area contributed by atoms with Gasteiger partial charge in [-0.1, -0.05) is 0 Å². The number of likely N-dealkylation sites (N-methyl/N-ethyl adjacent to an activating group) is 1. The summed E-state index contributed by atoms with van der Waals surface area (Å²) in [6, 6.07) is 6.32. The predicted octanol–water partition coefficient (Wildman–Crippen LogP) is 3.57. The first kappa shape index (κ1) is 16.9. The van der Waals surface area contributed by atoms with E-state index in [9.17, 15) is 9.18 Å². The van der Waals surface area contributed by atoms with Gasteiger partial charge in [-0.2, -0.15) is 0 Å². The van der Waals surface area contributed by atoms with E-state index in [1.54, 1.807) is 13.0 Å². The third-order valence-corrected chi connectivity index (χ3v) is 5.82. The quantitative estimate of drug-likeness (QED) is 0.723. The van der Waals surface area contributed by atoms with Crippen LogP contribution in [0.2, 0.25) is 0 Å². The molecule has 0 radical (unpaired) electrons. The number of hydrogen-bond donors (Lipinski definition) is 2. The Balaban J connectivity index is 1.70. The van der Waals surface area contributed by atoms with Crippen molar-refractivity contribution < 1.29 is 9.18 Å². The summed E-state index contributed by atoms with van der Waals surface area (Å²) in [4.78, 5) is 20.9. The zero-order valence-electron chi connectivity index (χ0n) is 14.6. The van der Waals surface area contributed by atoms with Gasteiger partial charge in [-0.15, -0.1) is 11.3 Å². The van der Waals surface area contributed by atoms with Crippen molar-refractivity contribution in [2.75, 3.05) is 24.6 Å². The van der Waals surface area contributed by atoms with E-state index < -0.39 is 0 Å². The third kappa shape index (κ3) is 2.93. The van der Waals surface area contributed by atoms with Gasteiger partial charge in [0.2, 0.25) is 0 Å². The molecule has 134 valence electrons. The lowest BCUT2D eigenvalue weighted by Crippen LogP contribution is -2.27. The fourth-order valence-corrected chi connectivity index (χ4v) is 4.25. The highest BCUT2D eigenvalue weighted by Gasteiger charge is 2.22. The highest BCUT2D eigenvalue weighted by molar-refractivity contribution is 7.21. The normalized spacial score (nSPS) is 14.4. The van der Waals surface area contributed by atoms with Crippen molar-refractivity contribution in [3.63, 3.8) is 0 Å². The number of hydrogen-bond acceptors (Lipinski definition) is 5. The lowest BCUT2D eigenvalue weighted by Gasteiger charge is -2.24. The molecular formula is C19H19FN4OS. The van der Waals surface area contributed by atoms with Gasteiger partial charge in [0, 0.05) is 36.3 Å². The Hall–Kier alpha value is -2.51. The fraction of sp³-hybridized carbons (Fsp3) is 0.263. The maximum atomic E-state index is 13.2. The molecule has 7 heteroatoms. The fourth-order valence-electron chi connectivity index (χ4n) is 3.25. The summed E-state index contributed by atoms with van der Waals surface area (Å²) in [5.74, 6) is -0.628. The second kappa shape index (κ2) is 6.34. The molecule has 3 heterocycles. The standard InChI is InChI=1S/C19H19FN4OS/c1-10-7-12(20)3-4-14(10)22-18(25)17-16(21)13-8-11-9-24(2)6-5-15(11)23-19(13)26-17/h3-4,7-8H,5-6,9,21H2,1-2H3,(H,22,25). The molecule has 3 N–H and O–H groups in total. The minimum absolute atomic E-state index is 0.296. The molecule has 1 aliphatic heterocycles. The molecule has 0 bridgehead atoms. The second-order valence-electron chi connectivity index (χ2n) is 6.69. The second-order valence-corrected chi connectivity index (χ2v) is 7.69. The van der Waals surface area contributed by atoms with Crippen molar-refractivity contribution in [1.29, 1.82) is 0 Å². The van der Waals surface area contributed by atoms with Crippen LogP contribution in [-0.4, -0.2) is 29.4 Å². The van der Waals surface area contributed by atoms with E-state index in [-0.39, 0.29) is 11.7 Å². The average molecular weight is 370 g/mol. The van der Waals surface area contributed by atoms with Gasteiger partial charge in [-0.05, 0) is 49.4 Å². The summed E-state index contributed by atoms with van der Waals surface area (Å²) >= 11 is 1.30. The first-order valence-electron chi connectivity index (χ1n) is 8.39. The van der Waals surface area contributed by atoms with Crippen LogP contribution in [0.25, 0.3) is 10.2 Å². The van der Waals surface area contributed by atoms with Crippen molar-refractivity contribution in [2.45, 2.75) is 19.9 Å². The van der Waals surface area contributed by atoms with Crippen molar-refractivity contribution in [3.05, 3.63) is 51.8 Å². The van der Waals surface area contributed by atoms with E-state index in [0.29, 0.717) is 21.8 Å². The van der Waals surface area contributed by atoms with E-state index in [0.717, 1.165) is 41.0 Å². The molecule has 0 atom stereocenters. The number of nitrogens with zero attached hydrogens (tertiary/aromatic N) is 2. The van der Waals surface area contributed by atoms with E-state index in [1.165, 1.54) is 23.5 Å². The van der Waals surface area contributed by atoms with Crippen molar-refractivity contribution in [2.24, 2.45) is 0 Å². The number of pyridine rings is 1. The van der Waals surface area contributed by atoms with Crippen molar-refractivity contribution >= 4 is 38.8 Å². The number of carbonyl (C=O) groups is 1. The van der Waals surface area contributed by atoms with E-state index in [4.69, 9.17) is 10.7 Å². The van der Waals surface area contributed by atoms with Crippen LogP contribution >= 0.6 is 11.3 Å². The molecule has 4 rings (SSSR count). The van der Waals surface area contributed by atoms with Crippen molar-refractivity contribution in [3.8, 4) is 0 Å². The summed E-state index contributed by atoms with van der Waals surface area (Å²) in [6.07, 6.45) is 0.899. The number of halogens is 1. The van der Waals surface area contributed by atoms with Crippen LogP contribution in [0.5, 0.6) is 0 Å². The maximum Gasteiger partial charge on any atom is 0.267 e. The number of amides is 1. The number of aryl methyl sites for hydroxylation is 1. The molecule has 3 aromatic rings. The number of anilines is 2. The number of nitrogens with one attached hydrogen (secondary N) is 1. The van der Waals surface area contributed by atoms with Gasteiger partial charge >= 0.3 is 0 Å². The van der Waals surface area contributed by atoms with Crippen LogP contribution < -0.4 is 11.1 Å². The van der Waals surface area contributed by atoms with Gasteiger partial charge < -0.3 is 16.0 Å². The zero-order chi connectivity index (χ0) is 18.4. The van der Waals surface area contributed by atoms with Crippen LogP contribution in [0.4, 0.5) is 15.8 Å².